The van der Waals surface area contributed by atoms with Gasteiger partial charge in [-0.25, -0.2) is 0 Å². The zero-order chi connectivity index (χ0) is 12.5. The first-order valence-corrected chi connectivity index (χ1v) is 7.16. The molecular formula is C14H27NO2. The van der Waals surface area contributed by atoms with Gasteiger partial charge < -0.3 is 9.64 Å². The molecule has 1 heterocycles. The molecule has 1 fully saturated rings. The van der Waals surface area contributed by atoms with E-state index in [1.807, 2.05) is 0 Å². The molecular weight excluding hydrogens is 214 g/mol. The molecule has 1 rings (SSSR count). The van der Waals surface area contributed by atoms with E-state index in [4.69, 9.17) is 4.74 Å². The molecule has 0 aromatic rings. The van der Waals surface area contributed by atoms with Crippen LogP contribution in [0.4, 0.5) is 0 Å². The highest BCUT2D eigenvalue weighted by Gasteiger charge is 2.26. The topological polar surface area (TPSA) is 29.5 Å². The van der Waals surface area contributed by atoms with E-state index < -0.39 is 0 Å². The van der Waals surface area contributed by atoms with E-state index in [-0.39, 0.29) is 11.9 Å². The molecule has 1 aliphatic heterocycles. The second kappa shape index (κ2) is 8.51. The minimum Gasteiger partial charge on any atom is -0.465 e. The molecule has 0 saturated carbocycles. The van der Waals surface area contributed by atoms with Gasteiger partial charge in [0.15, 0.2) is 0 Å². The number of unbranched alkanes of at least 4 members (excludes halogenated alkanes) is 2. The van der Waals surface area contributed by atoms with Gasteiger partial charge in [-0.3, -0.25) is 4.79 Å². The minimum absolute atomic E-state index is 0.0275. The molecule has 0 aliphatic carbocycles. The Labute approximate surface area is 106 Å². The van der Waals surface area contributed by atoms with E-state index in [2.05, 4.69) is 18.7 Å². The van der Waals surface area contributed by atoms with Crippen molar-refractivity contribution < 1.29 is 9.53 Å². The predicted octanol–water partition coefficient (Wildman–Crippen LogP) is 2.84. The van der Waals surface area contributed by atoms with Crippen molar-refractivity contribution in [1.29, 1.82) is 0 Å². The molecule has 0 aromatic heterocycles. The van der Waals surface area contributed by atoms with Crippen LogP contribution >= 0.6 is 0 Å². The molecule has 3 nitrogen and oxygen atoms in total. The van der Waals surface area contributed by atoms with Crippen molar-refractivity contribution in [3.8, 4) is 0 Å². The molecule has 17 heavy (non-hydrogen) atoms. The standard InChI is InChI=1S/C14H27NO2/c1-3-5-9-15-10-7-8-13(12-15)14(16)17-11-6-4-2/h13H,3-12H2,1-2H3. The summed E-state index contributed by atoms with van der Waals surface area (Å²) in [6, 6.07) is 0. The fourth-order valence-electron chi connectivity index (χ4n) is 2.27. The highest BCUT2D eigenvalue weighted by molar-refractivity contribution is 5.72. The van der Waals surface area contributed by atoms with Crippen LogP contribution < -0.4 is 0 Å². The number of rotatable bonds is 7. The van der Waals surface area contributed by atoms with Gasteiger partial charge in [-0.2, -0.15) is 0 Å². The van der Waals surface area contributed by atoms with Gasteiger partial charge in [-0.05, 0) is 38.8 Å². The van der Waals surface area contributed by atoms with E-state index >= 15 is 0 Å². The highest BCUT2D eigenvalue weighted by Crippen LogP contribution is 2.18. The van der Waals surface area contributed by atoms with Crippen LogP contribution in [-0.4, -0.2) is 37.1 Å². The van der Waals surface area contributed by atoms with Gasteiger partial charge in [0.25, 0.3) is 0 Å². The maximum Gasteiger partial charge on any atom is 0.310 e. The Hall–Kier alpha value is -0.570. The molecule has 0 N–H and O–H groups in total. The summed E-state index contributed by atoms with van der Waals surface area (Å²) in [5.41, 5.74) is 0. The predicted molar refractivity (Wildman–Crippen MR) is 69.9 cm³/mol. The fraction of sp³-hybridized carbons (Fsp3) is 0.929. The van der Waals surface area contributed by atoms with Crippen LogP contribution in [0.15, 0.2) is 0 Å². The van der Waals surface area contributed by atoms with Gasteiger partial charge in [0, 0.05) is 6.54 Å². The van der Waals surface area contributed by atoms with E-state index in [0.29, 0.717) is 6.61 Å². The molecule has 0 amide bonds. The average Bonchev–Trinajstić information content (AvgIpc) is 2.37. The van der Waals surface area contributed by atoms with Gasteiger partial charge in [0.2, 0.25) is 0 Å². The third kappa shape index (κ3) is 5.53. The second-order valence-corrected chi connectivity index (χ2v) is 5.01. The smallest absolute Gasteiger partial charge is 0.310 e. The second-order valence-electron chi connectivity index (χ2n) is 5.01. The van der Waals surface area contributed by atoms with Gasteiger partial charge in [0.05, 0.1) is 12.5 Å². The van der Waals surface area contributed by atoms with Gasteiger partial charge in [-0.15, -0.1) is 0 Å². The maximum atomic E-state index is 11.8. The van der Waals surface area contributed by atoms with Crippen molar-refractivity contribution in [2.75, 3.05) is 26.2 Å². The highest BCUT2D eigenvalue weighted by atomic mass is 16.5. The lowest BCUT2D eigenvalue weighted by Crippen LogP contribution is -2.39. The summed E-state index contributed by atoms with van der Waals surface area (Å²) in [4.78, 5) is 14.3. The third-order valence-electron chi connectivity index (χ3n) is 3.41. The Morgan fingerprint density at radius 1 is 1.29 bits per heavy atom. The van der Waals surface area contributed by atoms with Crippen LogP contribution in [0.25, 0.3) is 0 Å². The Kier molecular flexibility index (Phi) is 7.25. The molecule has 0 spiro atoms. The summed E-state index contributed by atoms with van der Waals surface area (Å²) < 4.78 is 5.31. The fourth-order valence-corrected chi connectivity index (χ4v) is 2.27. The van der Waals surface area contributed by atoms with Crippen molar-refractivity contribution in [3.63, 3.8) is 0 Å². The number of likely N-dealkylation sites (tertiary alicyclic amines) is 1. The van der Waals surface area contributed by atoms with Gasteiger partial charge in [0.1, 0.15) is 0 Å². The van der Waals surface area contributed by atoms with E-state index in [1.54, 1.807) is 0 Å². The first kappa shape index (κ1) is 14.5. The zero-order valence-electron chi connectivity index (χ0n) is 11.4. The van der Waals surface area contributed by atoms with E-state index in [9.17, 15) is 4.79 Å². The normalized spacial score (nSPS) is 21.4. The molecule has 0 aromatic carbocycles. The molecule has 1 unspecified atom stereocenters. The number of piperidine rings is 1. The van der Waals surface area contributed by atoms with Crippen molar-refractivity contribution >= 4 is 5.97 Å². The Bertz CT molecular complexity index is 218. The summed E-state index contributed by atoms with van der Waals surface area (Å²) in [6.07, 6.45) is 6.67. The lowest BCUT2D eigenvalue weighted by molar-refractivity contribution is -0.150. The first-order valence-electron chi connectivity index (χ1n) is 7.16. The minimum atomic E-state index is 0.0275. The molecule has 0 bridgehead atoms. The van der Waals surface area contributed by atoms with Crippen LogP contribution in [-0.2, 0) is 9.53 Å². The number of nitrogens with zero attached hydrogens (tertiary/aromatic N) is 1. The molecule has 3 heteroatoms. The Morgan fingerprint density at radius 3 is 2.76 bits per heavy atom. The Morgan fingerprint density at radius 2 is 2.06 bits per heavy atom. The number of ether oxygens (including phenoxy) is 1. The lowest BCUT2D eigenvalue weighted by atomic mass is 9.98. The summed E-state index contributed by atoms with van der Waals surface area (Å²) in [6.45, 7) is 8.11. The van der Waals surface area contributed by atoms with Crippen LogP contribution in [0.2, 0.25) is 0 Å². The molecule has 0 radical (unpaired) electrons. The quantitative estimate of drug-likeness (QED) is 0.507. The summed E-state index contributed by atoms with van der Waals surface area (Å²) in [7, 11) is 0. The van der Waals surface area contributed by atoms with E-state index in [1.165, 1.54) is 12.8 Å². The first-order chi connectivity index (χ1) is 8.27. The summed E-state index contributed by atoms with van der Waals surface area (Å²) in [5.74, 6) is 0.150. The number of esters is 1. The third-order valence-corrected chi connectivity index (χ3v) is 3.41. The maximum absolute atomic E-state index is 11.8. The SMILES string of the molecule is CCCCOC(=O)C1CCCN(CCCC)C1. The number of carbonyl (C=O) groups is 1. The molecule has 100 valence electrons. The average molecular weight is 241 g/mol. The van der Waals surface area contributed by atoms with Crippen molar-refractivity contribution in [2.45, 2.75) is 52.4 Å². The van der Waals surface area contributed by atoms with Crippen molar-refractivity contribution in [1.82, 2.24) is 4.90 Å². The largest absolute Gasteiger partial charge is 0.465 e. The molecule has 1 aliphatic rings. The molecule has 1 saturated heterocycles. The van der Waals surface area contributed by atoms with Crippen molar-refractivity contribution in [2.24, 2.45) is 5.92 Å². The van der Waals surface area contributed by atoms with Crippen LogP contribution in [0.1, 0.15) is 52.4 Å². The van der Waals surface area contributed by atoms with Gasteiger partial charge >= 0.3 is 5.97 Å². The molecule has 1 atom stereocenters. The number of hydrogen-bond acceptors (Lipinski definition) is 3. The van der Waals surface area contributed by atoms with Crippen LogP contribution in [0, 0.1) is 5.92 Å². The van der Waals surface area contributed by atoms with Crippen LogP contribution in [0.3, 0.4) is 0 Å². The van der Waals surface area contributed by atoms with Gasteiger partial charge in [-0.1, -0.05) is 26.7 Å². The van der Waals surface area contributed by atoms with E-state index in [0.717, 1.165) is 45.3 Å². The van der Waals surface area contributed by atoms with Crippen molar-refractivity contribution in [3.05, 3.63) is 0 Å². The summed E-state index contributed by atoms with van der Waals surface area (Å²) in [5, 5.41) is 0. The summed E-state index contributed by atoms with van der Waals surface area (Å²) >= 11 is 0. The van der Waals surface area contributed by atoms with Crippen LogP contribution in [0.5, 0.6) is 0 Å². The number of carbonyl (C=O) groups excluding carboxylic acids is 1. The Balaban J connectivity index is 2.25. The number of hydrogen-bond donors (Lipinski definition) is 0. The zero-order valence-corrected chi connectivity index (χ0v) is 11.4. The monoisotopic (exact) mass is 241 g/mol. The lowest BCUT2D eigenvalue weighted by Gasteiger charge is -2.31.